The topological polar surface area (TPSA) is 89.1 Å². The Bertz CT molecular complexity index is 431. The van der Waals surface area contributed by atoms with Gasteiger partial charge in [-0.25, -0.2) is 0 Å². The van der Waals surface area contributed by atoms with E-state index in [9.17, 15) is 4.79 Å². The Morgan fingerprint density at radius 3 is 3.06 bits per heavy atom. The van der Waals surface area contributed by atoms with Gasteiger partial charge in [-0.05, 0) is 13.5 Å². The van der Waals surface area contributed by atoms with Crippen molar-refractivity contribution in [1.29, 1.82) is 0 Å². The van der Waals surface area contributed by atoms with E-state index in [0.717, 1.165) is 18.9 Å². The standard InChI is InChI=1S/C11H20N6O/c1-3-13-11(2,10(12)18)7-16-4-5-17-8-14-15-9(17)6-16/h8,13H,3-7H2,1-2H3,(H2,12,18). The Hall–Kier alpha value is -1.47. The van der Waals surface area contributed by atoms with Gasteiger partial charge in [0.05, 0.1) is 6.54 Å². The number of carbonyl (C=O) groups excluding carboxylic acids is 1. The van der Waals surface area contributed by atoms with Gasteiger partial charge in [-0.15, -0.1) is 10.2 Å². The van der Waals surface area contributed by atoms with Crippen LogP contribution >= 0.6 is 0 Å². The van der Waals surface area contributed by atoms with Crippen molar-refractivity contribution >= 4 is 5.91 Å². The molecule has 0 saturated carbocycles. The predicted octanol–water partition coefficient (Wildman–Crippen LogP) is -1.05. The monoisotopic (exact) mass is 252 g/mol. The number of nitrogens with zero attached hydrogens (tertiary/aromatic N) is 4. The van der Waals surface area contributed by atoms with Crippen molar-refractivity contribution in [1.82, 2.24) is 25.0 Å². The summed E-state index contributed by atoms with van der Waals surface area (Å²) in [5, 5.41) is 11.1. The first-order chi connectivity index (χ1) is 8.55. The van der Waals surface area contributed by atoms with Crippen LogP contribution < -0.4 is 11.1 Å². The average molecular weight is 252 g/mol. The lowest BCUT2D eigenvalue weighted by Crippen LogP contribution is -2.60. The number of nitrogens with one attached hydrogen (secondary N) is 1. The van der Waals surface area contributed by atoms with Crippen molar-refractivity contribution in [3.05, 3.63) is 12.2 Å². The van der Waals surface area contributed by atoms with E-state index >= 15 is 0 Å². The average Bonchev–Trinajstić information content (AvgIpc) is 2.76. The maximum atomic E-state index is 11.6. The third kappa shape index (κ3) is 2.51. The van der Waals surface area contributed by atoms with Crippen LogP contribution in [0.5, 0.6) is 0 Å². The number of aromatic nitrogens is 3. The van der Waals surface area contributed by atoms with E-state index in [-0.39, 0.29) is 5.91 Å². The van der Waals surface area contributed by atoms with Gasteiger partial charge in [0.2, 0.25) is 5.91 Å². The largest absolute Gasteiger partial charge is 0.368 e. The van der Waals surface area contributed by atoms with Gasteiger partial charge in [-0.2, -0.15) is 0 Å². The lowest BCUT2D eigenvalue weighted by molar-refractivity contribution is -0.124. The highest BCUT2D eigenvalue weighted by Gasteiger charge is 2.33. The van der Waals surface area contributed by atoms with E-state index in [2.05, 4.69) is 20.4 Å². The number of amides is 1. The Kier molecular flexibility index (Phi) is 3.63. The molecule has 0 bridgehead atoms. The number of carbonyl (C=O) groups is 1. The number of rotatable bonds is 5. The number of nitrogens with two attached hydrogens (primary N) is 1. The first-order valence-corrected chi connectivity index (χ1v) is 6.19. The fourth-order valence-corrected chi connectivity index (χ4v) is 2.31. The Morgan fingerprint density at radius 2 is 2.39 bits per heavy atom. The van der Waals surface area contributed by atoms with Gasteiger partial charge in [0.25, 0.3) is 0 Å². The minimum absolute atomic E-state index is 0.323. The molecular formula is C11H20N6O. The highest BCUT2D eigenvalue weighted by molar-refractivity contribution is 5.84. The molecule has 0 spiro atoms. The van der Waals surface area contributed by atoms with Crippen LogP contribution in [0.1, 0.15) is 19.7 Å². The summed E-state index contributed by atoms with van der Waals surface area (Å²) in [6, 6.07) is 0. The first kappa shape index (κ1) is 13.0. The molecule has 1 aliphatic rings. The summed E-state index contributed by atoms with van der Waals surface area (Å²) in [7, 11) is 0. The molecule has 1 aromatic rings. The van der Waals surface area contributed by atoms with Crippen molar-refractivity contribution in [2.75, 3.05) is 19.6 Å². The molecule has 1 unspecified atom stereocenters. The fraction of sp³-hybridized carbons (Fsp3) is 0.727. The van der Waals surface area contributed by atoms with Gasteiger partial charge in [0, 0.05) is 19.6 Å². The van der Waals surface area contributed by atoms with Gasteiger partial charge in [-0.3, -0.25) is 9.69 Å². The zero-order chi connectivity index (χ0) is 13.2. The molecule has 1 atom stereocenters. The van der Waals surface area contributed by atoms with E-state index in [1.54, 1.807) is 6.33 Å². The van der Waals surface area contributed by atoms with Gasteiger partial charge >= 0.3 is 0 Å². The normalized spacial score (nSPS) is 19.2. The van der Waals surface area contributed by atoms with E-state index in [1.807, 2.05) is 18.4 Å². The second-order valence-electron chi connectivity index (χ2n) is 4.88. The molecule has 18 heavy (non-hydrogen) atoms. The highest BCUT2D eigenvalue weighted by atomic mass is 16.1. The summed E-state index contributed by atoms with van der Waals surface area (Å²) in [6.07, 6.45) is 1.74. The van der Waals surface area contributed by atoms with Crippen LogP contribution in [0, 0.1) is 0 Å². The van der Waals surface area contributed by atoms with Gasteiger partial charge in [0.15, 0.2) is 0 Å². The second-order valence-corrected chi connectivity index (χ2v) is 4.88. The highest BCUT2D eigenvalue weighted by Crippen LogP contribution is 2.13. The number of hydrogen-bond acceptors (Lipinski definition) is 5. The first-order valence-electron chi connectivity index (χ1n) is 6.19. The van der Waals surface area contributed by atoms with Crippen molar-refractivity contribution in [3.63, 3.8) is 0 Å². The smallest absolute Gasteiger partial charge is 0.238 e. The summed E-state index contributed by atoms with van der Waals surface area (Å²) < 4.78 is 2.03. The van der Waals surface area contributed by atoms with E-state index in [4.69, 9.17) is 5.73 Å². The van der Waals surface area contributed by atoms with E-state index in [1.165, 1.54) is 0 Å². The van der Waals surface area contributed by atoms with Crippen LogP contribution in [0.2, 0.25) is 0 Å². The molecule has 0 saturated heterocycles. The minimum atomic E-state index is -0.697. The SMILES string of the molecule is CCNC(C)(CN1CCn2cnnc2C1)C(N)=O. The van der Waals surface area contributed by atoms with Crippen LogP contribution in [-0.4, -0.2) is 50.7 Å². The molecule has 2 heterocycles. The van der Waals surface area contributed by atoms with Crippen LogP contribution in [-0.2, 0) is 17.9 Å². The molecule has 0 aromatic carbocycles. The van der Waals surface area contributed by atoms with Crippen LogP contribution in [0.3, 0.4) is 0 Å². The molecule has 1 aliphatic heterocycles. The summed E-state index contributed by atoms with van der Waals surface area (Å²) >= 11 is 0. The molecule has 0 radical (unpaired) electrons. The molecule has 7 heteroatoms. The summed E-state index contributed by atoms with van der Waals surface area (Å²) in [5.41, 5.74) is 4.79. The number of primary amides is 1. The van der Waals surface area contributed by atoms with Crippen molar-refractivity contribution in [3.8, 4) is 0 Å². The third-order valence-electron chi connectivity index (χ3n) is 3.37. The van der Waals surface area contributed by atoms with Crippen LogP contribution in [0.15, 0.2) is 6.33 Å². The predicted molar refractivity (Wildman–Crippen MR) is 66.6 cm³/mol. The zero-order valence-corrected chi connectivity index (χ0v) is 10.9. The maximum absolute atomic E-state index is 11.6. The molecule has 2 rings (SSSR count). The van der Waals surface area contributed by atoms with Gasteiger partial charge in [-0.1, -0.05) is 6.92 Å². The fourth-order valence-electron chi connectivity index (χ4n) is 2.31. The van der Waals surface area contributed by atoms with Crippen molar-refractivity contribution in [2.24, 2.45) is 5.73 Å². The molecule has 1 aromatic heterocycles. The van der Waals surface area contributed by atoms with E-state index in [0.29, 0.717) is 19.6 Å². The Morgan fingerprint density at radius 1 is 1.61 bits per heavy atom. The van der Waals surface area contributed by atoms with Crippen molar-refractivity contribution < 1.29 is 4.79 Å². The lowest BCUT2D eigenvalue weighted by Gasteiger charge is -2.35. The molecule has 1 amide bonds. The number of likely N-dealkylation sites (N-methyl/N-ethyl adjacent to an activating group) is 1. The molecule has 100 valence electrons. The Balaban J connectivity index is 2.03. The van der Waals surface area contributed by atoms with Gasteiger partial charge < -0.3 is 15.6 Å². The zero-order valence-electron chi connectivity index (χ0n) is 10.9. The molecule has 3 N–H and O–H groups in total. The summed E-state index contributed by atoms with van der Waals surface area (Å²) in [6.45, 7) is 7.54. The molecule has 0 fully saturated rings. The second kappa shape index (κ2) is 5.03. The van der Waals surface area contributed by atoms with Crippen LogP contribution in [0.4, 0.5) is 0 Å². The maximum Gasteiger partial charge on any atom is 0.238 e. The van der Waals surface area contributed by atoms with Crippen LogP contribution in [0.25, 0.3) is 0 Å². The Labute approximate surface area is 106 Å². The third-order valence-corrected chi connectivity index (χ3v) is 3.37. The minimum Gasteiger partial charge on any atom is -0.368 e. The number of hydrogen-bond donors (Lipinski definition) is 2. The molecule has 7 nitrogen and oxygen atoms in total. The van der Waals surface area contributed by atoms with Gasteiger partial charge in [0.1, 0.15) is 17.7 Å². The summed E-state index contributed by atoms with van der Waals surface area (Å²) in [4.78, 5) is 13.8. The lowest BCUT2D eigenvalue weighted by atomic mass is 10.0. The summed E-state index contributed by atoms with van der Waals surface area (Å²) in [5.74, 6) is 0.612. The quantitative estimate of drug-likeness (QED) is 0.698. The molecule has 0 aliphatic carbocycles. The molecular weight excluding hydrogens is 232 g/mol. The number of fused-ring (bicyclic) bond motifs is 1. The van der Waals surface area contributed by atoms with Crippen molar-refractivity contribution in [2.45, 2.75) is 32.5 Å². The van der Waals surface area contributed by atoms with E-state index < -0.39 is 5.54 Å².